The number of ether oxygens (including phenoxy) is 1. The van der Waals surface area contributed by atoms with Crippen molar-refractivity contribution in [3.05, 3.63) is 26.6 Å². The van der Waals surface area contributed by atoms with Gasteiger partial charge in [-0.3, -0.25) is 9.36 Å². The Hall–Kier alpha value is -1.91. The number of morpholine rings is 1. The lowest BCUT2D eigenvalue weighted by Gasteiger charge is -2.27. The molecule has 3 aromatic rings. The quantitative estimate of drug-likeness (QED) is 0.622. The summed E-state index contributed by atoms with van der Waals surface area (Å²) in [6.07, 6.45) is 5.57. The van der Waals surface area contributed by atoms with E-state index in [1.165, 1.54) is 23.3 Å². The minimum Gasteiger partial charge on any atom is -0.378 e. The van der Waals surface area contributed by atoms with E-state index in [0.717, 1.165) is 66.9 Å². The van der Waals surface area contributed by atoms with Crippen LogP contribution in [0.25, 0.3) is 10.2 Å². The van der Waals surface area contributed by atoms with E-state index in [-0.39, 0.29) is 5.56 Å². The summed E-state index contributed by atoms with van der Waals surface area (Å²) in [5.41, 5.74) is 1.23. The second-order valence-corrected chi connectivity index (χ2v) is 9.85. The number of hydrogen-bond acceptors (Lipinski definition) is 8. The maximum Gasteiger partial charge on any atom is 0.259 e. The molecule has 1 saturated heterocycles. The van der Waals surface area contributed by atoms with Crippen LogP contribution in [0.4, 0.5) is 5.95 Å². The van der Waals surface area contributed by atoms with Gasteiger partial charge in [-0.1, -0.05) is 11.8 Å². The van der Waals surface area contributed by atoms with Crippen LogP contribution in [0, 0.1) is 0 Å². The predicted octanol–water partition coefficient (Wildman–Crippen LogP) is 2.53. The van der Waals surface area contributed by atoms with Crippen molar-refractivity contribution >= 4 is 39.3 Å². The van der Waals surface area contributed by atoms with Crippen molar-refractivity contribution in [2.45, 2.75) is 49.1 Å². The van der Waals surface area contributed by atoms with Gasteiger partial charge in [0.15, 0.2) is 5.16 Å². The summed E-state index contributed by atoms with van der Waals surface area (Å²) in [4.78, 5) is 24.9. The van der Waals surface area contributed by atoms with Crippen molar-refractivity contribution in [3.63, 3.8) is 0 Å². The van der Waals surface area contributed by atoms with Crippen LogP contribution in [0.15, 0.2) is 9.95 Å². The van der Waals surface area contributed by atoms with Gasteiger partial charge in [-0.25, -0.2) is 4.98 Å². The highest BCUT2D eigenvalue weighted by Crippen LogP contribution is 2.41. The molecule has 0 amide bonds. The summed E-state index contributed by atoms with van der Waals surface area (Å²) in [7, 11) is 0. The summed E-state index contributed by atoms with van der Waals surface area (Å²) < 4.78 is 7.74. The van der Waals surface area contributed by atoms with Gasteiger partial charge in [0.1, 0.15) is 10.7 Å². The molecule has 2 aliphatic carbocycles. The van der Waals surface area contributed by atoms with E-state index < -0.39 is 0 Å². The first-order valence-electron chi connectivity index (χ1n) is 10.2. The van der Waals surface area contributed by atoms with Gasteiger partial charge >= 0.3 is 0 Å². The third-order valence-electron chi connectivity index (χ3n) is 5.81. The molecule has 2 fully saturated rings. The number of aromatic amines is 1. The molecular formula is C19H22N6O2S2. The summed E-state index contributed by atoms with van der Waals surface area (Å²) >= 11 is 3.29. The molecule has 3 aliphatic rings. The largest absolute Gasteiger partial charge is 0.378 e. The van der Waals surface area contributed by atoms with Crippen LogP contribution < -0.4 is 10.5 Å². The first-order chi connectivity index (χ1) is 14.3. The molecule has 152 valence electrons. The fraction of sp³-hybridized carbons (Fsp3) is 0.579. The highest BCUT2D eigenvalue weighted by Gasteiger charge is 2.32. The number of H-pyrrole nitrogens is 1. The first-order valence-corrected chi connectivity index (χ1v) is 12.0. The molecule has 10 heteroatoms. The standard InChI is InChI=1S/C19H22N6O2S2/c26-16-15-12-2-1-3-13(12)29-17(15)21-14(20-16)10-28-19-23-22-18(25(19)11-4-5-11)24-6-8-27-9-7-24/h11H,1-10H2,(H,20,21,26). The minimum atomic E-state index is 0.00247. The van der Waals surface area contributed by atoms with E-state index in [2.05, 4.69) is 24.6 Å². The van der Waals surface area contributed by atoms with E-state index >= 15 is 0 Å². The number of aryl methyl sites for hydroxylation is 2. The molecule has 0 bridgehead atoms. The number of thiophene rings is 1. The Morgan fingerprint density at radius 1 is 1.21 bits per heavy atom. The van der Waals surface area contributed by atoms with Gasteiger partial charge in [0.05, 0.1) is 24.4 Å². The fourth-order valence-corrected chi connectivity index (χ4v) is 6.40. The number of hydrogen-bond donors (Lipinski definition) is 1. The molecule has 1 aliphatic heterocycles. The van der Waals surface area contributed by atoms with Crippen LogP contribution in [0.1, 0.15) is 41.6 Å². The molecule has 0 aromatic carbocycles. The van der Waals surface area contributed by atoms with Crippen molar-refractivity contribution in [2.75, 3.05) is 31.2 Å². The van der Waals surface area contributed by atoms with E-state index in [1.807, 2.05) is 0 Å². The van der Waals surface area contributed by atoms with Crippen LogP contribution >= 0.6 is 23.1 Å². The highest BCUT2D eigenvalue weighted by atomic mass is 32.2. The van der Waals surface area contributed by atoms with E-state index in [4.69, 9.17) is 9.72 Å². The van der Waals surface area contributed by atoms with E-state index in [0.29, 0.717) is 17.6 Å². The van der Waals surface area contributed by atoms with E-state index in [9.17, 15) is 4.79 Å². The number of rotatable bonds is 5. The number of anilines is 1. The Morgan fingerprint density at radius 3 is 2.90 bits per heavy atom. The molecule has 4 heterocycles. The van der Waals surface area contributed by atoms with E-state index in [1.54, 1.807) is 23.1 Å². The highest BCUT2D eigenvalue weighted by molar-refractivity contribution is 7.98. The number of nitrogens with zero attached hydrogens (tertiary/aromatic N) is 5. The Morgan fingerprint density at radius 2 is 2.07 bits per heavy atom. The van der Waals surface area contributed by atoms with Crippen LogP contribution in [0.5, 0.6) is 0 Å². The van der Waals surface area contributed by atoms with Gasteiger partial charge < -0.3 is 14.6 Å². The lowest BCUT2D eigenvalue weighted by Crippen LogP contribution is -2.38. The van der Waals surface area contributed by atoms with Gasteiger partial charge in [-0.05, 0) is 37.7 Å². The van der Waals surface area contributed by atoms with Crippen molar-refractivity contribution in [1.82, 2.24) is 24.7 Å². The van der Waals surface area contributed by atoms with Crippen LogP contribution in [0.3, 0.4) is 0 Å². The summed E-state index contributed by atoms with van der Waals surface area (Å²) in [5.74, 6) is 2.25. The van der Waals surface area contributed by atoms with Gasteiger partial charge in [0.25, 0.3) is 5.56 Å². The normalized spacial score (nSPS) is 19.2. The molecule has 1 saturated carbocycles. The van der Waals surface area contributed by atoms with Crippen LogP contribution in [-0.2, 0) is 23.3 Å². The molecule has 1 N–H and O–H groups in total. The average molecular weight is 431 g/mol. The maximum absolute atomic E-state index is 12.7. The molecule has 0 atom stereocenters. The second-order valence-electron chi connectivity index (χ2n) is 7.82. The Bertz CT molecular complexity index is 1130. The molecule has 3 aromatic heterocycles. The zero-order valence-electron chi connectivity index (χ0n) is 16.0. The predicted molar refractivity (Wildman–Crippen MR) is 113 cm³/mol. The van der Waals surface area contributed by atoms with Gasteiger partial charge in [-0.2, -0.15) is 0 Å². The Kier molecular flexibility index (Phi) is 4.39. The topological polar surface area (TPSA) is 88.9 Å². The molecule has 0 radical (unpaired) electrons. The SMILES string of the molecule is O=c1[nH]c(CSc2nnc(N3CCOCC3)n2C2CC2)nc2sc3c(c12)CCC3. The fourth-order valence-electron chi connectivity index (χ4n) is 4.25. The lowest BCUT2D eigenvalue weighted by molar-refractivity contribution is 0.121. The Labute approximate surface area is 175 Å². The van der Waals surface area contributed by atoms with Crippen molar-refractivity contribution in [1.29, 1.82) is 0 Å². The number of nitrogens with one attached hydrogen (secondary N) is 1. The zero-order valence-corrected chi connectivity index (χ0v) is 17.7. The Balaban J connectivity index is 1.27. The van der Waals surface area contributed by atoms with Crippen LogP contribution in [-0.4, -0.2) is 51.0 Å². The van der Waals surface area contributed by atoms with Gasteiger partial charge in [-0.15, -0.1) is 21.5 Å². The zero-order chi connectivity index (χ0) is 19.4. The third kappa shape index (κ3) is 3.17. The molecule has 0 unspecified atom stereocenters. The molecule has 29 heavy (non-hydrogen) atoms. The first kappa shape index (κ1) is 17.9. The lowest BCUT2D eigenvalue weighted by atomic mass is 10.2. The van der Waals surface area contributed by atoms with Crippen LogP contribution in [0.2, 0.25) is 0 Å². The van der Waals surface area contributed by atoms with Crippen molar-refractivity contribution in [2.24, 2.45) is 0 Å². The van der Waals surface area contributed by atoms with Gasteiger partial charge in [0.2, 0.25) is 5.95 Å². The monoisotopic (exact) mass is 430 g/mol. The average Bonchev–Trinajstić information content (AvgIpc) is 3.16. The summed E-state index contributed by atoms with van der Waals surface area (Å²) in [6.45, 7) is 3.17. The van der Waals surface area contributed by atoms with Gasteiger partial charge in [0, 0.05) is 24.0 Å². The maximum atomic E-state index is 12.7. The smallest absolute Gasteiger partial charge is 0.259 e. The molecule has 0 spiro atoms. The third-order valence-corrected chi connectivity index (χ3v) is 7.95. The van der Waals surface area contributed by atoms with Crippen molar-refractivity contribution in [3.8, 4) is 0 Å². The summed E-state index contributed by atoms with van der Waals surface area (Å²) in [6, 6.07) is 0.486. The number of fused-ring (bicyclic) bond motifs is 3. The molecule has 8 nitrogen and oxygen atoms in total. The number of thioether (sulfide) groups is 1. The summed E-state index contributed by atoms with van der Waals surface area (Å²) in [5, 5.41) is 10.7. The second kappa shape index (κ2) is 7.10. The molecular weight excluding hydrogens is 408 g/mol. The number of aromatic nitrogens is 5. The minimum absolute atomic E-state index is 0.00247. The molecule has 6 rings (SSSR count). The van der Waals surface area contributed by atoms with Crippen molar-refractivity contribution < 1.29 is 4.74 Å².